The maximum Gasteiger partial charge on any atom is 0.236 e. The van der Waals surface area contributed by atoms with Crippen LogP contribution in [0.4, 0.5) is 0 Å². The molecule has 0 rings (SSSR count). The first-order valence-corrected chi connectivity index (χ1v) is 5.41. The Morgan fingerprint density at radius 1 is 1.14 bits per heavy atom. The third-order valence-electron chi connectivity index (χ3n) is 1.21. The minimum Gasteiger partial charge on any atom is -0.0975 e. The maximum absolute atomic E-state index is 2.28. The molecule has 0 spiro atoms. The molecule has 0 bridgehead atoms. The van der Waals surface area contributed by atoms with Crippen LogP contribution < -0.4 is 0 Å². The minimum absolute atomic E-state index is 0. The second-order valence-electron chi connectivity index (χ2n) is 2.06. The summed E-state index contributed by atoms with van der Waals surface area (Å²) in [5, 5.41) is 3.13. The van der Waals surface area contributed by atoms with E-state index in [2.05, 4.69) is 13.8 Å². The van der Waals surface area contributed by atoms with Crippen molar-refractivity contribution in [2.45, 2.75) is 37.3 Å². The van der Waals surface area contributed by atoms with Crippen LogP contribution in [0.3, 0.4) is 0 Å². The summed E-state index contributed by atoms with van der Waals surface area (Å²) in [6.45, 7) is 4.56. The fourth-order valence-corrected chi connectivity index (χ4v) is 2.03. The summed E-state index contributed by atoms with van der Waals surface area (Å²) in [5.74, 6) is 0. The zero-order valence-corrected chi connectivity index (χ0v) is 6.95. The van der Waals surface area contributed by atoms with Crippen molar-refractivity contribution in [1.29, 1.82) is 0 Å². The van der Waals surface area contributed by atoms with E-state index in [1.54, 1.807) is 10.6 Å². The van der Waals surface area contributed by atoms with Gasteiger partial charge in [-0.15, -0.1) is 0 Å². The number of rotatable bonds is 4. The van der Waals surface area contributed by atoms with Gasteiger partial charge in [0.15, 0.2) is 0 Å². The molecule has 0 aromatic carbocycles. The van der Waals surface area contributed by atoms with E-state index in [9.17, 15) is 0 Å². The Morgan fingerprint density at radius 2 is 1.57 bits per heavy atom. The molecule has 0 aliphatic heterocycles. The molecule has 0 heterocycles. The van der Waals surface area contributed by atoms with Crippen LogP contribution >= 0.6 is 0 Å². The highest BCUT2D eigenvalue weighted by Gasteiger charge is 1.86. The molecule has 0 N–H and O–H groups in total. The lowest BCUT2D eigenvalue weighted by Crippen LogP contribution is -1.84. The molecule has 0 aliphatic rings. The van der Waals surface area contributed by atoms with Crippen LogP contribution in [-0.4, -0.2) is 15.2 Å². The van der Waals surface area contributed by atoms with Crippen LogP contribution in [0.5, 0.6) is 0 Å². The van der Waals surface area contributed by atoms with Gasteiger partial charge in [0.2, 0.25) is 15.2 Å². The minimum atomic E-state index is 0. The molecule has 0 fully saturated rings. The Balaban J connectivity index is 0. The van der Waals surface area contributed by atoms with Gasteiger partial charge in [0.1, 0.15) is 0 Å². The van der Waals surface area contributed by atoms with Crippen molar-refractivity contribution in [3.63, 3.8) is 0 Å². The summed E-state index contributed by atoms with van der Waals surface area (Å²) in [5.41, 5.74) is 0. The molecule has 0 aliphatic carbocycles. The van der Waals surface area contributed by atoms with E-state index in [4.69, 9.17) is 0 Å². The van der Waals surface area contributed by atoms with Crippen molar-refractivity contribution < 1.29 is 1.43 Å². The summed E-state index contributed by atoms with van der Waals surface area (Å²) < 4.78 is 0. The first kappa shape index (κ1) is 7.53. The Bertz CT molecular complexity index is 27.7. The zero-order chi connectivity index (χ0) is 5.54. The van der Waals surface area contributed by atoms with E-state index >= 15 is 0 Å². The molecule has 1 heteroatoms. The molecule has 0 amide bonds. The average Bonchev–Trinajstić information content (AvgIpc) is 1.69. The maximum atomic E-state index is 2.28. The lowest BCUT2D eigenvalue weighted by atomic mass is 10.6. The first-order valence-electron chi connectivity index (χ1n) is 3.41. The average molecular weight is 116 g/mol. The first-order chi connectivity index (χ1) is 3.41. The summed E-state index contributed by atoms with van der Waals surface area (Å²) in [7, 11) is 0. The van der Waals surface area contributed by atoms with Gasteiger partial charge in [0, 0.05) is 1.43 Å². The second kappa shape index (κ2) is 6.53. The lowest BCUT2D eigenvalue weighted by Gasteiger charge is -1.86. The van der Waals surface area contributed by atoms with Crippen molar-refractivity contribution >= 4 is 15.2 Å². The molecule has 0 aromatic rings. The number of hydrogen-bond donors (Lipinski definition) is 0. The van der Waals surface area contributed by atoms with Gasteiger partial charge in [-0.2, -0.15) is 0 Å². The zero-order valence-electron chi connectivity index (χ0n) is 5.54. The molecule has 0 aromatic heterocycles. The van der Waals surface area contributed by atoms with Crippen molar-refractivity contribution in [2.75, 3.05) is 0 Å². The van der Waals surface area contributed by atoms with E-state index in [1.807, 2.05) is 0 Å². The molecule has 0 nitrogen and oxygen atoms in total. The fourth-order valence-electron chi connectivity index (χ4n) is 0.677. The molecule has 0 unspecified atom stereocenters. The highest BCUT2D eigenvalue weighted by Crippen LogP contribution is 1.92. The van der Waals surface area contributed by atoms with Crippen LogP contribution in [0.1, 0.15) is 28.1 Å². The lowest BCUT2D eigenvalue weighted by molar-refractivity contribution is 1.02. The molecule has 0 saturated heterocycles. The highest BCUT2D eigenvalue weighted by molar-refractivity contribution is 6.35. The molecule has 0 radical (unpaired) electrons. The topological polar surface area (TPSA) is 0 Å². The van der Waals surface area contributed by atoms with Crippen LogP contribution in [0.2, 0.25) is 10.6 Å². The van der Waals surface area contributed by atoms with Gasteiger partial charge in [-0.05, 0) is 0 Å². The van der Waals surface area contributed by atoms with Crippen LogP contribution in [0.25, 0.3) is 0 Å². The third-order valence-corrected chi connectivity index (χ3v) is 3.62. The predicted molar refractivity (Wildman–Crippen MR) is 39.5 cm³/mol. The van der Waals surface area contributed by atoms with Crippen molar-refractivity contribution in [2.24, 2.45) is 0 Å². The van der Waals surface area contributed by atoms with E-state index in [-0.39, 0.29) is 1.43 Å². The van der Waals surface area contributed by atoms with Crippen molar-refractivity contribution in [3.8, 4) is 0 Å². The summed E-state index contributed by atoms with van der Waals surface area (Å²) in [6, 6.07) is 0. The second-order valence-corrected chi connectivity index (χ2v) is 4.18. The molecular weight excluding hydrogens is 99.0 g/mol. The summed E-state index contributed by atoms with van der Waals surface area (Å²) in [4.78, 5) is 0. The van der Waals surface area contributed by atoms with Crippen LogP contribution in [-0.2, 0) is 0 Å². The van der Waals surface area contributed by atoms with E-state index in [0.29, 0.717) is 15.2 Å². The van der Waals surface area contributed by atoms with Crippen LogP contribution in [0, 0.1) is 0 Å². The molecule has 7 heavy (non-hydrogen) atoms. The van der Waals surface area contributed by atoms with E-state index in [0.717, 1.165) is 0 Å². The molecule has 0 atom stereocenters. The molecular formula is C6H17Al. The van der Waals surface area contributed by atoms with Gasteiger partial charge < -0.3 is 0 Å². The van der Waals surface area contributed by atoms with Gasteiger partial charge in [-0.3, -0.25) is 0 Å². The molecule has 0 saturated carbocycles. The SMILES string of the molecule is CC[CH2][AlH][CH2]CC.[HH]. The summed E-state index contributed by atoms with van der Waals surface area (Å²) in [6.07, 6.45) is 2.85. The van der Waals surface area contributed by atoms with Gasteiger partial charge in [-0.25, -0.2) is 0 Å². The van der Waals surface area contributed by atoms with Gasteiger partial charge in [0.05, 0.1) is 0 Å². The van der Waals surface area contributed by atoms with Gasteiger partial charge in [-0.1, -0.05) is 37.3 Å². The van der Waals surface area contributed by atoms with Gasteiger partial charge >= 0.3 is 0 Å². The smallest absolute Gasteiger partial charge is 0.0975 e. The number of hydrogen-bond acceptors (Lipinski definition) is 0. The van der Waals surface area contributed by atoms with Crippen LogP contribution in [0.15, 0.2) is 0 Å². The normalized spacial score (nSPS) is 8.86. The van der Waals surface area contributed by atoms with Gasteiger partial charge in [0.25, 0.3) is 0 Å². The third kappa shape index (κ3) is 6.53. The monoisotopic (exact) mass is 116 g/mol. The van der Waals surface area contributed by atoms with E-state index in [1.165, 1.54) is 12.8 Å². The van der Waals surface area contributed by atoms with E-state index < -0.39 is 0 Å². The Hall–Kier alpha value is 0.532. The fraction of sp³-hybridized carbons (Fsp3) is 1.00. The largest absolute Gasteiger partial charge is 0.236 e. The van der Waals surface area contributed by atoms with Crippen molar-refractivity contribution in [3.05, 3.63) is 0 Å². The quantitative estimate of drug-likeness (QED) is 0.390. The highest BCUT2D eigenvalue weighted by atomic mass is 27.1. The van der Waals surface area contributed by atoms with Crippen molar-refractivity contribution in [1.82, 2.24) is 0 Å². The predicted octanol–water partition coefficient (Wildman–Crippen LogP) is 2.33. The molecule has 44 valence electrons. The Kier molecular flexibility index (Phi) is 7.03. The standard InChI is InChI=1S/2C3H7.Al.H2.H/c2*1-3-2;;;/h2*1,3H2,2H3;;1H;. The Morgan fingerprint density at radius 3 is 1.86 bits per heavy atom. The summed E-state index contributed by atoms with van der Waals surface area (Å²) >= 11 is 0.411. The Labute approximate surface area is 54.5 Å².